The molecule has 0 aliphatic carbocycles. The predicted octanol–water partition coefficient (Wildman–Crippen LogP) is 2.92. The smallest absolute Gasteiger partial charge is 0.230 e. The lowest BCUT2D eigenvalue weighted by Crippen LogP contribution is -2.24. The zero-order chi connectivity index (χ0) is 15.9. The Morgan fingerprint density at radius 2 is 2.00 bits per heavy atom. The van der Waals surface area contributed by atoms with Gasteiger partial charge in [0.05, 0.1) is 5.75 Å². The van der Waals surface area contributed by atoms with Gasteiger partial charge < -0.3 is 9.88 Å². The van der Waals surface area contributed by atoms with Crippen molar-refractivity contribution in [2.45, 2.75) is 38.5 Å². The van der Waals surface area contributed by atoms with E-state index in [-0.39, 0.29) is 5.91 Å². The van der Waals surface area contributed by atoms with Crippen LogP contribution in [0.4, 0.5) is 0 Å². The largest absolute Gasteiger partial charge is 0.351 e. The molecule has 5 nitrogen and oxygen atoms in total. The minimum absolute atomic E-state index is 0.0244. The van der Waals surface area contributed by atoms with Crippen molar-refractivity contribution in [3.63, 3.8) is 0 Å². The number of benzene rings is 1. The molecule has 7 heteroatoms. The van der Waals surface area contributed by atoms with Crippen LogP contribution in [0.15, 0.2) is 29.4 Å². The maximum absolute atomic E-state index is 11.9. The van der Waals surface area contributed by atoms with Gasteiger partial charge in [-0.15, -0.1) is 10.2 Å². The third kappa shape index (κ3) is 4.48. The number of aromatic nitrogens is 3. The molecule has 118 valence electrons. The molecule has 0 unspecified atom stereocenters. The molecule has 0 saturated heterocycles. The van der Waals surface area contributed by atoms with Crippen LogP contribution >= 0.6 is 23.4 Å². The number of carbonyl (C=O) groups is 1. The van der Waals surface area contributed by atoms with Gasteiger partial charge in [-0.1, -0.05) is 42.4 Å². The van der Waals surface area contributed by atoms with Crippen molar-refractivity contribution in [3.05, 3.63) is 40.7 Å². The fourth-order valence-corrected chi connectivity index (χ4v) is 2.97. The summed E-state index contributed by atoms with van der Waals surface area (Å²) < 4.78 is 2.04. The normalized spacial score (nSPS) is 10.7. The summed E-state index contributed by atoms with van der Waals surface area (Å²) in [7, 11) is 0. The van der Waals surface area contributed by atoms with E-state index in [0.717, 1.165) is 29.5 Å². The first-order chi connectivity index (χ1) is 10.6. The topological polar surface area (TPSA) is 59.8 Å². The van der Waals surface area contributed by atoms with Gasteiger partial charge >= 0.3 is 0 Å². The minimum Gasteiger partial charge on any atom is -0.351 e. The number of amides is 1. The number of nitrogens with zero attached hydrogens (tertiary/aromatic N) is 3. The lowest BCUT2D eigenvalue weighted by Gasteiger charge is -2.07. The third-order valence-corrected chi connectivity index (χ3v) is 4.38. The Balaban J connectivity index is 1.82. The molecule has 0 atom stereocenters. The lowest BCUT2D eigenvalue weighted by molar-refractivity contribution is -0.118. The Morgan fingerprint density at radius 1 is 1.27 bits per heavy atom. The van der Waals surface area contributed by atoms with Gasteiger partial charge in [0.2, 0.25) is 5.91 Å². The Morgan fingerprint density at radius 3 is 2.64 bits per heavy atom. The van der Waals surface area contributed by atoms with Gasteiger partial charge in [-0.2, -0.15) is 0 Å². The zero-order valence-corrected chi connectivity index (χ0v) is 14.2. The highest BCUT2D eigenvalue weighted by Crippen LogP contribution is 2.17. The average molecular weight is 339 g/mol. The molecule has 2 rings (SSSR count). The summed E-state index contributed by atoms with van der Waals surface area (Å²) in [6, 6.07) is 7.43. The molecule has 0 radical (unpaired) electrons. The molecule has 22 heavy (non-hydrogen) atoms. The van der Waals surface area contributed by atoms with E-state index < -0.39 is 0 Å². The average Bonchev–Trinajstić information content (AvgIpc) is 2.94. The van der Waals surface area contributed by atoms with Crippen molar-refractivity contribution in [1.82, 2.24) is 20.1 Å². The lowest BCUT2D eigenvalue weighted by atomic mass is 10.2. The van der Waals surface area contributed by atoms with Crippen molar-refractivity contribution in [2.24, 2.45) is 0 Å². The highest BCUT2D eigenvalue weighted by molar-refractivity contribution is 7.99. The third-order valence-electron chi connectivity index (χ3n) is 3.16. The van der Waals surface area contributed by atoms with E-state index in [0.29, 0.717) is 17.3 Å². The second-order valence-electron chi connectivity index (χ2n) is 4.69. The number of aryl methyl sites for hydroxylation is 1. The second kappa shape index (κ2) is 8.19. The van der Waals surface area contributed by atoms with Crippen molar-refractivity contribution in [2.75, 3.05) is 5.75 Å². The van der Waals surface area contributed by atoms with Crippen LogP contribution in [0.5, 0.6) is 0 Å². The molecule has 0 bridgehead atoms. The summed E-state index contributed by atoms with van der Waals surface area (Å²) in [6.45, 7) is 5.40. The van der Waals surface area contributed by atoms with Crippen LogP contribution in [0, 0.1) is 0 Å². The van der Waals surface area contributed by atoms with Gasteiger partial charge in [0, 0.05) is 24.5 Å². The molecule has 0 saturated carbocycles. The summed E-state index contributed by atoms with van der Waals surface area (Å²) >= 11 is 7.24. The Hall–Kier alpha value is -1.53. The molecule has 1 aromatic carbocycles. The second-order valence-corrected chi connectivity index (χ2v) is 6.07. The standard InChI is InChI=1S/C15H19ClN4OS/c1-3-13-18-19-15(20(13)4-2)22-10-14(21)17-9-11-5-7-12(16)8-6-11/h5-8H,3-4,9-10H2,1-2H3,(H,17,21). The van der Waals surface area contributed by atoms with Gasteiger partial charge in [-0.3, -0.25) is 4.79 Å². The van der Waals surface area contributed by atoms with Crippen molar-refractivity contribution < 1.29 is 4.79 Å². The number of rotatable bonds is 7. The molecule has 1 N–H and O–H groups in total. The van der Waals surface area contributed by atoms with Crippen LogP contribution in [0.25, 0.3) is 0 Å². The van der Waals surface area contributed by atoms with Gasteiger partial charge in [0.25, 0.3) is 0 Å². The fraction of sp³-hybridized carbons (Fsp3) is 0.400. The number of halogens is 1. The van der Waals surface area contributed by atoms with Crippen molar-refractivity contribution in [1.29, 1.82) is 0 Å². The van der Waals surface area contributed by atoms with E-state index >= 15 is 0 Å². The number of hydrogen-bond acceptors (Lipinski definition) is 4. The fourth-order valence-electron chi connectivity index (χ4n) is 1.99. The maximum Gasteiger partial charge on any atom is 0.230 e. The van der Waals surface area contributed by atoms with Gasteiger partial charge in [-0.05, 0) is 24.6 Å². The van der Waals surface area contributed by atoms with E-state index in [2.05, 4.69) is 15.5 Å². The first kappa shape index (κ1) is 16.8. The number of nitrogens with one attached hydrogen (secondary N) is 1. The van der Waals surface area contributed by atoms with E-state index in [9.17, 15) is 4.79 Å². The molecule has 0 aliphatic rings. The Kier molecular flexibility index (Phi) is 6.27. The number of carbonyl (C=O) groups excluding carboxylic acids is 1. The molecular weight excluding hydrogens is 320 g/mol. The molecule has 2 aromatic rings. The summed E-state index contributed by atoms with van der Waals surface area (Å²) in [5.74, 6) is 1.25. The molecule has 0 fully saturated rings. The van der Waals surface area contributed by atoms with Crippen LogP contribution < -0.4 is 5.32 Å². The molecular formula is C15H19ClN4OS. The molecule has 0 spiro atoms. The van der Waals surface area contributed by atoms with Crippen LogP contribution in [0.3, 0.4) is 0 Å². The van der Waals surface area contributed by atoms with E-state index in [1.807, 2.05) is 42.7 Å². The summed E-state index contributed by atoms with van der Waals surface area (Å²) in [5.41, 5.74) is 1.02. The molecule has 0 aliphatic heterocycles. The van der Waals surface area contributed by atoms with Gasteiger partial charge in [0.1, 0.15) is 5.82 Å². The van der Waals surface area contributed by atoms with Crippen LogP contribution in [0.2, 0.25) is 5.02 Å². The Bertz CT molecular complexity index is 627. The minimum atomic E-state index is -0.0244. The summed E-state index contributed by atoms with van der Waals surface area (Å²) in [6.07, 6.45) is 0.837. The van der Waals surface area contributed by atoms with Crippen LogP contribution in [-0.4, -0.2) is 26.4 Å². The zero-order valence-electron chi connectivity index (χ0n) is 12.7. The first-order valence-corrected chi connectivity index (χ1v) is 8.56. The summed E-state index contributed by atoms with van der Waals surface area (Å²) in [4.78, 5) is 11.9. The maximum atomic E-state index is 11.9. The highest BCUT2D eigenvalue weighted by atomic mass is 35.5. The highest BCUT2D eigenvalue weighted by Gasteiger charge is 2.11. The van der Waals surface area contributed by atoms with Crippen molar-refractivity contribution in [3.8, 4) is 0 Å². The monoisotopic (exact) mass is 338 g/mol. The van der Waals surface area contributed by atoms with E-state index in [4.69, 9.17) is 11.6 Å². The number of hydrogen-bond donors (Lipinski definition) is 1. The van der Waals surface area contributed by atoms with E-state index in [1.165, 1.54) is 11.8 Å². The van der Waals surface area contributed by atoms with E-state index in [1.54, 1.807) is 0 Å². The molecule has 1 aromatic heterocycles. The quantitative estimate of drug-likeness (QED) is 0.788. The first-order valence-electron chi connectivity index (χ1n) is 7.20. The summed E-state index contributed by atoms with van der Waals surface area (Å²) in [5, 5.41) is 12.6. The predicted molar refractivity (Wildman–Crippen MR) is 89.1 cm³/mol. The Labute approximate surface area is 139 Å². The van der Waals surface area contributed by atoms with Crippen molar-refractivity contribution >= 4 is 29.3 Å². The molecule has 1 amide bonds. The van der Waals surface area contributed by atoms with Gasteiger partial charge in [-0.25, -0.2) is 0 Å². The molecule has 1 heterocycles. The van der Waals surface area contributed by atoms with Crippen LogP contribution in [-0.2, 0) is 24.3 Å². The SMILES string of the molecule is CCc1nnc(SCC(=O)NCc2ccc(Cl)cc2)n1CC. The van der Waals surface area contributed by atoms with Gasteiger partial charge in [0.15, 0.2) is 5.16 Å². The van der Waals surface area contributed by atoms with Crippen LogP contribution in [0.1, 0.15) is 25.2 Å². The number of thioether (sulfide) groups is 1.